The third-order valence-electron chi connectivity index (χ3n) is 2.99. The molecule has 0 bridgehead atoms. The van der Waals surface area contributed by atoms with Gasteiger partial charge in [-0.05, 0) is 24.3 Å². The first-order valence-corrected chi connectivity index (χ1v) is 6.20. The molecule has 0 aliphatic rings. The van der Waals surface area contributed by atoms with E-state index in [0.29, 0.717) is 17.3 Å². The highest BCUT2D eigenvalue weighted by Crippen LogP contribution is 2.28. The van der Waals surface area contributed by atoms with Gasteiger partial charge in [-0.15, -0.1) is 0 Å². The molecule has 0 unspecified atom stereocenters. The second-order valence-corrected chi connectivity index (χ2v) is 4.31. The maximum absolute atomic E-state index is 13.5. The highest BCUT2D eigenvalue weighted by atomic mass is 19.1. The van der Waals surface area contributed by atoms with Gasteiger partial charge in [0.05, 0.1) is 7.11 Å². The van der Waals surface area contributed by atoms with Crippen molar-refractivity contribution in [2.75, 3.05) is 7.11 Å². The van der Waals surface area contributed by atoms with Crippen LogP contribution in [0.4, 0.5) is 4.39 Å². The van der Waals surface area contributed by atoms with Crippen LogP contribution < -0.4 is 9.47 Å². The Kier molecular flexibility index (Phi) is 3.29. The van der Waals surface area contributed by atoms with E-state index in [2.05, 4.69) is 0 Å². The quantitative estimate of drug-likeness (QED) is 0.714. The Morgan fingerprint density at radius 3 is 2.60 bits per heavy atom. The standard InChI is InChI=1S/C16H13FO3/c1-18-14-7-2-3-8-15(14)19-10-12-9-11-5-4-6-13(17)16(11)20-12/h2-9H,10H2,1H3. The molecule has 0 saturated heterocycles. The molecule has 102 valence electrons. The summed E-state index contributed by atoms with van der Waals surface area (Å²) in [6.07, 6.45) is 0. The fourth-order valence-corrected chi connectivity index (χ4v) is 2.04. The Balaban J connectivity index is 1.82. The van der Waals surface area contributed by atoms with Gasteiger partial charge in [0.1, 0.15) is 12.4 Å². The molecule has 0 N–H and O–H groups in total. The van der Waals surface area contributed by atoms with Crippen molar-refractivity contribution >= 4 is 11.0 Å². The summed E-state index contributed by atoms with van der Waals surface area (Å²) in [5.74, 6) is 1.47. The minimum Gasteiger partial charge on any atom is -0.493 e. The summed E-state index contributed by atoms with van der Waals surface area (Å²) in [5.41, 5.74) is 0.256. The number of ether oxygens (including phenoxy) is 2. The van der Waals surface area contributed by atoms with Crippen LogP contribution in [0.25, 0.3) is 11.0 Å². The van der Waals surface area contributed by atoms with E-state index in [0.717, 1.165) is 5.39 Å². The molecule has 4 heteroatoms. The van der Waals surface area contributed by atoms with Crippen molar-refractivity contribution < 1.29 is 18.3 Å². The number of halogens is 1. The van der Waals surface area contributed by atoms with Crippen molar-refractivity contribution in [1.29, 1.82) is 0 Å². The number of hydrogen-bond acceptors (Lipinski definition) is 3. The second kappa shape index (κ2) is 5.25. The van der Waals surface area contributed by atoms with Gasteiger partial charge in [-0.1, -0.05) is 24.3 Å². The van der Waals surface area contributed by atoms with Gasteiger partial charge >= 0.3 is 0 Å². The summed E-state index contributed by atoms with van der Waals surface area (Å²) in [7, 11) is 1.58. The monoisotopic (exact) mass is 272 g/mol. The molecular formula is C16H13FO3. The van der Waals surface area contributed by atoms with Gasteiger partial charge in [-0.25, -0.2) is 4.39 Å². The van der Waals surface area contributed by atoms with Crippen molar-refractivity contribution in [1.82, 2.24) is 0 Å². The first-order chi connectivity index (χ1) is 9.78. The first-order valence-electron chi connectivity index (χ1n) is 6.20. The highest BCUT2D eigenvalue weighted by Gasteiger charge is 2.09. The predicted octanol–water partition coefficient (Wildman–Crippen LogP) is 4.16. The van der Waals surface area contributed by atoms with Crippen molar-refractivity contribution in [2.24, 2.45) is 0 Å². The number of furan rings is 1. The summed E-state index contributed by atoms with van der Waals surface area (Å²) < 4.78 is 29.8. The SMILES string of the molecule is COc1ccccc1OCc1cc2cccc(F)c2o1. The molecule has 0 aliphatic heterocycles. The molecule has 3 aromatic rings. The molecule has 2 aromatic carbocycles. The predicted molar refractivity (Wildman–Crippen MR) is 73.5 cm³/mol. The number of rotatable bonds is 4. The summed E-state index contributed by atoms with van der Waals surface area (Å²) in [4.78, 5) is 0. The van der Waals surface area contributed by atoms with E-state index in [1.54, 1.807) is 25.3 Å². The van der Waals surface area contributed by atoms with Crippen molar-refractivity contribution in [2.45, 2.75) is 6.61 Å². The molecule has 0 spiro atoms. The number of methoxy groups -OCH3 is 1. The van der Waals surface area contributed by atoms with E-state index < -0.39 is 0 Å². The second-order valence-electron chi connectivity index (χ2n) is 4.31. The van der Waals surface area contributed by atoms with Crippen LogP contribution in [0.5, 0.6) is 11.5 Å². The number of fused-ring (bicyclic) bond motifs is 1. The van der Waals surface area contributed by atoms with Crippen LogP contribution in [-0.2, 0) is 6.61 Å². The molecule has 3 rings (SSSR count). The van der Waals surface area contributed by atoms with Gasteiger partial charge in [0.2, 0.25) is 0 Å². The molecule has 0 radical (unpaired) electrons. The normalized spacial score (nSPS) is 10.7. The van der Waals surface area contributed by atoms with Crippen molar-refractivity contribution in [3.8, 4) is 11.5 Å². The van der Waals surface area contributed by atoms with Crippen LogP contribution in [-0.4, -0.2) is 7.11 Å². The molecule has 0 saturated carbocycles. The third kappa shape index (κ3) is 2.32. The topological polar surface area (TPSA) is 31.6 Å². The maximum atomic E-state index is 13.5. The fraction of sp³-hybridized carbons (Fsp3) is 0.125. The van der Waals surface area contributed by atoms with E-state index in [9.17, 15) is 4.39 Å². The van der Waals surface area contributed by atoms with Crippen LogP contribution in [0.3, 0.4) is 0 Å². The van der Waals surface area contributed by atoms with Gasteiger partial charge in [0.15, 0.2) is 22.9 Å². The van der Waals surface area contributed by atoms with Crippen LogP contribution in [0.15, 0.2) is 52.9 Å². The van der Waals surface area contributed by atoms with E-state index in [4.69, 9.17) is 13.9 Å². The fourth-order valence-electron chi connectivity index (χ4n) is 2.04. The molecular weight excluding hydrogens is 259 g/mol. The Labute approximate surface area is 115 Å². The lowest BCUT2D eigenvalue weighted by Crippen LogP contribution is -1.96. The summed E-state index contributed by atoms with van der Waals surface area (Å²) in [5, 5.41) is 0.726. The molecule has 0 atom stereocenters. The molecule has 0 aliphatic carbocycles. The van der Waals surface area contributed by atoms with Crippen LogP contribution in [0.1, 0.15) is 5.76 Å². The minimum absolute atomic E-state index is 0.217. The van der Waals surface area contributed by atoms with E-state index in [1.165, 1.54) is 6.07 Å². The Morgan fingerprint density at radius 1 is 1.05 bits per heavy atom. The van der Waals surface area contributed by atoms with Gasteiger partial charge in [-0.2, -0.15) is 0 Å². The zero-order chi connectivity index (χ0) is 13.9. The molecule has 0 amide bonds. The van der Waals surface area contributed by atoms with Gasteiger partial charge < -0.3 is 13.9 Å². The van der Waals surface area contributed by atoms with Crippen LogP contribution in [0.2, 0.25) is 0 Å². The maximum Gasteiger partial charge on any atom is 0.170 e. The summed E-state index contributed by atoms with van der Waals surface area (Å²) >= 11 is 0. The lowest BCUT2D eigenvalue weighted by Gasteiger charge is -2.08. The van der Waals surface area contributed by atoms with Crippen LogP contribution >= 0.6 is 0 Å². The number of hydrogen-bond donors (Lipinski definition) is 0. The van der Waals surface area contributed by atoms with Gasteiger partial charge in [-0.3, -0.25) is 0 Å². The molecule has 1 heterocycles. The minimum atomic E-state index is -0.369. The average Bonchev–Trinajstić information content (AvgIpc) is 2.90. The zero-order valence-corrected chi connectivity index (χ0v) is 10.9. The Hall–Kier alpha value is -2.49. The van der Waals surface area contributed by atoms with Gasteiger partial charge in [0.25, 0.3) is 0 Å². The molecule has 1 aromatic heterocycles. The third-order valence-corrected chi connectivity index (χ3v) is 2.99. The van der Waals surface area contributed by atoms with E-state index in [1.807, 2.05) is 24.3 Å². The summed E-state index contributed by atoms with van der Waals surface area (Å²) in [6.45, 7) is 0.217. The number of para-hydroxylation sites is 3. The van der Waals surface area contributed by atoms with Gasteiger partial charge in [0, 0.05) is 5.39 Å². The first kappa shape index (κ1) is 12.5. The highest BCUT2D eigenvalue weighted by molar-refractivity contribution is 5.78. The molecule has 0 fully saturated rings. The molecule has 20 heavy (non-hydrogen) atoms. The smallest absolute Gasteiger partial charge is 0.170 e. The Bertz CT molecular complexity index is 733. The lowest BCUT2D eigenvalue weighted by atomic mass is 10.2. The summed E-state index contributed by atoms with van der Waals surface area (Å²) in [6, 6.07) is 13.9. The lowest BCUT2D eigenvalue weighted by molar-refractivity contribution is 0.259. The van der Waals surface area contributed by atoms with E-state index >= 15 is 0 Å². The van der Waals surface area contributed by atoms with Crippen LogP contribution in [0, 0.1) is 5.82 Å². The molecule has 3 nitrogen and oxygen atoms in total. The van der Waals surface area contributed by atoms with E-state index in [-0.39, 0.29) is 18.0 Å². The average molecular weight is 272 g/mol. The number of benzene rings is 2. The van der Waals surface area contributed by atoms with Crippen molar-refractivity contribution in [3.05, 3.63) is 60.1 Å². The largest absolute Gasteiger partial charge is 0.493 e. The van der Waals surface area contributed by atoms with Crippen molar-refractivity contribution in [3.63, 3.8) is 0 Å². The zero-order valence-electron chi connectivity index (χ0n) is 10.9. The Morgan fingerprint density at radius 2 is 1.85 bits per heavy atom.